The minimum Gasteiger partial charge on any atom is -0.493 e. The lowest BCUT2D eigenvalue weighted by molar-refractivity contribution is -0.130. The Bertz CT molecular complexity index is 449. The van der Waals surface area contributed by atoms with Crippen LogP contribution < -0.4 is 14.2 Å². The second kappa shape index (κ2) is 6.29. The van der Waals surface area contributed by atoms with E-state index in [-0.39, 0.29) is 32.3 Å². The van der Waals surface area contributed by atoms with Crippen LogP contribution in [0.2, 0.25) is 0 Å². The SMILES string of the molecule is CN(CCO)C(=O)CCOc1ccc2c(c1)OCO2. The van der Waals surface area contributed by atoms with Crippen molar-refractivity contribution in [2.45, 2.75) is 6.42 Å². The topological polar surface area (TPSA) is 68.2 Å². The van der Waals surface area contributed by atoms with Crippen LogP contribution in [0.1, 0.15) is 6.42 Å². The number of benzene rings is 1. The van der Waals surface area contributed by atoms with Gasteiger partial charge >= 0.3 is 0 Å². The highest BCUT2D eigenvalue weighted by atomic mass is 16.7. The van der Waals surface area contributed by atoms with Gasteiger partial charge in [-0.1, -0.05) is 0 Å². The number of ether oxygens (including phenoxy) is 3. The van der Waals surface area contributed by atoms with E-state index in [0.717, 1.165) is 0 Å². The van der Waals surface area contributed by atoms with Crippen LogP contribution in [0.4, 0.5) is 0 Å². The number of amides is 1. The fourth-order valence-electron chi connectivity index (χ4n) is 1.69. The number of carbonyl (C=O) groups excluding carboxylic acids is 1. The molecule has 0 aromatic heterocycles. The zero-order chi connectivity index (χ0) is 13.7. The summed E-state index contributed by atoms with van der Waals surface area (Å²) in [5.74, 6) is 1.93. The van der Waals surface area contributed by atoms with E-state index in [2.05, 4.69) is 0 Å². The fourth-order valence-corrected chi connectivity index (χ4v) is 1.69. The molecule has 19 heavy (non-hydrogen) atoms. The molecule has 1 aromatic carbocycles. The number of aliphatic hydroxyl groups excluding tert-OH is 1. The van der Waals surface area contributed by atoms with Gasteiger partial charge in [-0.3, -0.25) is 4.79 Å². The number of hydrogen-bond donors (Lipinski definition) is 1. The quantitative estimate of drug-likeness (QED) is 0.819. The Labute approximate surface area is 111 Å². The Hall–Kier alpha value is -1.95. The molecule has 1 N–H and O–H groups in total. The van der Waals surface area contributed by atoms with E-state index < -0.39 is 0 Å². The van der Waals surface area contributed by atoms with E-state index in [1.807, 2.05) is 0 Å². The third-order valence-electron chi connectivity index (χ3n) is 2.79. The molecule has 6 heteroatoms. The van der Waals surface area contributed by atoms with Crippen LogP contribution in [-0.2, 0) is 4.79 Å². The Kier molecular flexibility index (Phi) is 4.46. The van der Waals surface area contributed by atoms with Crippen molar-refractivity contribution < 1.29 is 24.1 Å². The molecule has 1 aromatic rings. The first-order valence-corrected chi connectivity index (χ1v) is 6.08. The lowest BCUT2D eigenvalue weighted by Gasteiger charge is -2.15. The zero-order valence-electron chi connectivity index (χ0n) is 10.8. The molecule has 0 radical (unpaired) electrons. The summed E-state index contributed by atoms with van der Waals surface area (Å²) in [7, 11) is 1.65. The molecule has 0 fully saturated rings. The van der Waals surface area contributed by atoms with E-state index in [0.29, 0.717) is 23.8 Å². The van der Waals surface area contributed by atoms with Crippen molar-refractivity contribution in [1.29, 1.82) is 0 Å². The molecule has 104 valence electrons. The van der Waals surface area contributed by atoms with Crippen molar-refractivity contribution in [3.05, 3.63) is 18.2 Å². The average Bonchev–Trinajstić information content (AvgIpc) is 2.86. The van der Waals surface area contributed by atoms with Crippen molar-refractivity contribution >= 4 is 5.91 Å². The summed E-state index contributed by atoms with van der Waals surface area (Å²) in [6.07, 6.45) is 0.269. The van der Waals surface area contributed by atoms with Gasteiger partial charge in [-0.05, 0) is 12.1 Å². The summed E-state index contributed by atoms with van der Waals surface area (Å²) in [5, 5.41) is 8.73. The maximum absolute atomic E-state index is 11.6. The molecule has 0 saturated heterocycles. The monoisotopic (exact) mass is 267 g/mol. The Balaban J connectivity index is 1.78. The third kappa shape index (κ3) is 3.51. The van der Waals surface area contributed by atoms with Gasteiger partial charge in [0.2, 0.25) is 12.7 Å². The van der Waals surface area contributed by atoms with Crippen molar-refractivity contribution in [3.63, 3.8) is 0 Å². The molecule has 1 aliphatic heterocycles. The number of fused-ring (bicyclic) bond motifs is 1. The number of aliphatic hydroxyl groups is 1. The molecule has 0 saturated carbocycles. The summed E-state index contributed by atoms with van der Waals surface area (Å²) in [5.41, 5.74) is 0. The molecular formula is C13H17NO5. The van der Waals surface area contributed by atoms with Crippen LogP contribution in [0.5, 0.6) is 17.2 Å². The number of likely N-dealkylation sites (N-methyl/N-ethyl adjacent to an activating group) is 1. The Morgan fingerprint density at radius 2 is 2.21 bits per heavy atom. The van der Waals surface area contributed by atoms with Gasteiger partial charge in [0.05, 0.1) is 19.6 Å². The minimum atomic E-state index is -0.0604. The number of hydrogen-bond acceptors (Lipinski definition) is 5. The van der Waals surface area contributed by atoms with Gasteiger partial charge in [-0.25, -0.2) is 0 Å². The van der Waals surface area contributed by atoms with Gasteiger partial charge in [0, 0.05) is 19.7 Å². The predicted molar refractivity (Wildman–Crippen MR) is 67.4 cm³/mol. The smallest absolute Gasteiger partial charge is 0.231 e. The maximum atomic E-state index is 11.6. The average molecular weight is 267 g/mol. The molecule has 0 bridgehead atoms. The molecule has 6 nitrogen and oxygen atoms in total. The zero-order valence-corrected chi connectivity index (χ0v) is 10.8. The second-order valence-electron chi connectivity index (χ2n) is 4.15. The highest BCUT2D eigenvalue weighted by molar-refractivity contribution is 5.75. The Morgan fingerprint density at radius 3 is 3.00 bits per heavy atom. The van der Waals surface area contributed by atoms with Crippen molar-refractivity contribution in [2.75, 3.05) is 33.6 Å². The number of rotatable bonds is 6. The van der Waals surface area contributed by atoms with E-state index in [1.165, 1.54) is 4.90 Å². The van der Waals surface area contributed by atoms with E-state index in [4.69, 9.17) is 19.3 Å². The number of carbonyl (C=O) groups is 1. The Morgan fingerprint density at radius 1 is 1.42 bits per heavy atom. The molecular weight excluding hydrogens is 250 g/mol. The molecule has 1 amide bonds. The summed E-state index contributed by atoms with van der Waals surface area (Å²) in [6, 6.07) is 5.29. The molecule has 0 aliphatic carbocycles. The first kappa shape index (κ1) is 13.5. The number of nitrogens with zero attached hydrogens (tertiary/aromatic N) is 1. The normalized spacial score (nSPS) is 12.3. The van der Waals surface area contributed by atoms with Crippen LogP contribution in [-0.4, -0.2) is 49.5 Å². The van der Waals surface area contributed by atoms with Crippen LogP contribution in [0.15, 0.2) is 18.2 Å². The molecule has 0 atom stereocenters. The maximum Gasteiger partial charge on any atom is 0.231 e. The molecule has 0 spiro atoms. The van der Waals surface area contributed by atoms with Gasteiger partial charge < -0.3 is 24.2 Å². The van der Waals surface area contributed by atoms with Crippen LogP contribution in [0.25, 0.3) is 0 Å². The van der Waals surface area contributed by atoms with E-state index in [1.54, 1.807) is 25.2 Å². The lowest BCUT2D eigenvalue weighted by Crippen LogP contribution is -2.30. The standard InChI is InChI=1S/C13H17NO5/c1-14(5-6-15)13(16)4-7-17-10-2-3-11-12(8-10)19-9-18-11/h2-3,8,15H,4-7,9H2,1H3. The second-order valence-corrected chi connectivity index (χ2v) is 4.15. The summed E-state index contributed by atoms with van der Waals surface area (Å²) >= 11 is 0. The van der Waals surface area contributed by atoms with Gasteiger partial charge in [0.25, 0.3) is 0 Å². The van der Waals surface area contributed by atoms with Crippen LogP contribution >= 0.6 is 0 Å². The molecule has 2 rings (SSSR count). The molecule has 0 unspecified atom stereocenters. The van der Waals surface area contributed by atoms with E-state index >= 15 is 0 Å². The summed E-state index contributed by atoms with van der Waals surface area (Å²) in [6.45, 7) is 0.811. The summed E-state index contributed by atoms with van der Waals surface area (Å²) in [4.78, 5) is 13.1. The highest BCUT2D eigenvalue weighted by Gasteiger charge is 2.14. The van der Waals surface area contributed by atoms with Crippen molar-refractivity contribution in [3.8, 4) is 17.2 Å². The van der Waals surface area contributed by atoms with Crippen molar-refractivity contribution in [1.82, 2.24) is 4.90 Å². The summed E-state index contributed by atoms with van der Waals surface area (Å²) < 4.78 is 15.9. The van der Waals surface area contributed by atoms with Gasteiger partial charge in [-0.15, -0.1) is 0 Å². The molecule has 1 heterocycles. The predicted octanol–water partition coefficient (Wildman–Crippen LogP) is 0.635. The first-order chi connectivity index (χ1) is 9.20. The third-order valence-corrected chi connectivity index (χ3v) is 2.79. The fraction of sp³-hybridized carbons (Fsp3) is 0.462. The van der Waals surface area contributed by atoms with Gasteiger partial charge in [-0.2, -0.15) is 0 Å². The van der Waals surface area contributed by atoms with Crippen LogP contribution in [0, 0.1) is 0 Å². The van der Waals surface area contributed by atoms with Gasteiger partial charge in [0.1, 0.15) is 5.75 Å². The van der Waals surface area contributed by atoms with Crippen LogP contribution in [0.3, 0.4) is 0 Å². The largest absolute Gasteiger partial charge is 0.493 e. The minimum absolute atomic E-state index is 0.0365. The highest BCUT2D eigenvalue weighted by Crippen LogP contribution is 2.35. The lowest BCUT2D eigenvalue weighted by atomic mass is 10.3. The molecule has 1 aliphatic rings. The van der Waals surface area contributed by atoms with Gasteiger partial charge in [0.15, 0.2) is 11.5 Å². The first-order valence-electron chi connectivity index (χ1n) is 6.08. The van der Waals surface area contributed by atoms with E-state index in [9.17, 15) is 4.79 Å². The van der Waals surface area contributed by atoms with Crippen molar-refractivity contribution in [2.24, 2.45) is 0 Å².